The van der Waals surface area contributed by atoms with Crippen molar-refractivity contribution in [3.05, 3.63) is 35.4 Å². The van der Waals surface area contributed by atoms with Gasteiger partial charge in [0, 0.05) is 14.2 Å². The van der Waals surface area contributed by atoms with E-state index in [1.807, 2.05) is 24.3 Å². The highest BCUT2D eigenvalue weighted by molar-refractivity contribution is 5.78. The molecule has 0 saturated carbocycles. The Kier molecular flexibility index (Phi) is 5.72. The van der Waals surface area contributed by atoms with E-state index in [0.717, 1.165) is 11.8 Å². The SMILES string of the molecule is COCc1cccc(C(C)(C=O)N(C)C(=O)OC(C)(C)C)c1. The van der Waals surface area contributed by atoms with Crippen LogP contribution in [-0.2, 0) is 26.4 Å². The average molecular weight is 307 g/mol. The molecule has 0 heterocycles. The lowest BCUT2D eigenvalue weighted by molar-refractivity contribution is -0.117. The van der Waals surface area contributed by atoms with Crippen molar-refractivity contribution in [2.24, 2.45) is 0 Å². The van der Waals surface area contributed by atoms with E-state index >= 15 is 0 Å². The lowest BCUT2D eigenvalue weighted by atomic mass is 9.91. The fraction of sp³-hybridized carbons (Fsp3) is 0.529. The Morgan fingerprint density at radius 1 is 1.27 bits per heavy atom. The van der Waals surface area contributed by atoms with Gasteiger partial charge in [0.05, 0.1) is 6.61 Å². The number of methoxy groups -OCH3 is 1. The standard InChI is InChI=1S/C17H25NO4/c1-16(2,3)22-15(20)18(5)17(4,12-19)14-9-7-8-13(10-14)11-21-6/h7-10,12H,11H2,1-6H3. The maximum Gasteiger partial charge on any atom is 0.411 e. The minimum absolute atomic E-state index is 0.443. The lowest BCUT2D eigenvalue weighted by Gasteiger charge is -2.36. The zero-order valence-corrected chi connectivity index (χ0v) is 14.2. The van der Waals surface area contributed by atoms with E-state index in [1.54, 1.807) is 41.9 Å². The van der Waals surface area contributed by atoms with Crippen molar-refractivity contribution in [1.82, 2.24) is 4.90 Å². The van der Waals surface area contributed by atoms with Crippen molar-refractivity contribution in [2.75, 3.05) is 14.2 Å². The number of rotatable bonds is 5. The third kappa shape index (κ3) is 4.31. The number of hydrogen-bond donors (Lipinski definition) is 0. The Balaban J connectivity index is 3.12. The summed E-state index contributed by atoms with van der Waals surface area (Å²) in [5, 5.41) is 0. The Hall–Kier alpha value is -1.88. The molecule has 0 aromatic heterocycles. The van der Waals surface area contributed by atoms with Crippen LogP contribution in [-0.4, -0.2) is 37.0 Å². The number of carbonyl (C=O) groups excluding carboxylic acids is 2. The number of nitrogens with zero attached hydrogens (tertiary/aromatic N) is 1. The second kappa shape index (κ2) is 6.92. The normalized spacial score (nSPS) is 14.1. The van der Waals surface area contributed by atoms with Crippen LogP contribution < -0.4 is 0 Å². The summed E-state index contributed by atoms with van der Waals surface area (Å²) in [6.45, 7) is 7.50. The first kappa shape index (κ1) is 18.2. The number of likely N-dealkylation sites (N-methyl/N-ethyl adjacent to an activating group) is 1. The largest absolute Gasteiger partial charge is 0.444 e. The first-order valence-corrected chi connectivity index (χ1v) is 7.15. The van der Waals surface area contributed by atoms with Crippen LogP contribution in [0.4, 0.5) is 4.79 Å². The van der Waals surface area contributed by atoms with Crippen LogP contribution in [0, 0.1) is 0 Å². The van der Waals surface area contributed by atoms with Gasteiger partial charge in [-0.3, -0.25) is 4.90 Å². The number of benzene rings is 1. The lowest BCUT2D eigenvalue weighted by Crippen LogP contribution is -2.48. The van der Waals surface area contributed by atoms with E-state index in [1.165, 1.54) is 4.90 Å². The van der Waals surface area contributed by atoms with Gasteiger partial charge in [0.2, 0.25) is 0 Å². The molecule has 0 saturated heterocycles. The van der Waals surface area contributed by atoms with Gasteiger partial charge in [0.25, 0.3) is 0 Å². The molecule has 1 amide bonds. The van der Waals surface area contributed by atoms with Crippen LogP contribution in [0.25, 0.3) is 0 Å². The number of amides is 1. The van der Waals surface area contributed by atoms with E-state index in [0.29, 0.717) is 12.2 Å². The second-order valence-electron chi connectivity index (χ2n) is 6.44. The van der Waals surface area contributed by atoms with Crippen LogP contribution in [0.2, 0.25) is 0 Å². The molecular formula is C17H25NO4. The smallest absolute Gasteiger partial charge is 0.411 e. The molecule has 1 unspecified atom stereocenters. The summed E-state index contributed by atoms with van der Waals surface area (Å²) in [5.74, 6) is 0. The summed E-state index contributed by atoms with van der Waals surface area (Å²) in [4.78, 5) is 25.3. The Morgan fingerprint density at radius 3 is 2.41 bits per heavy atom. The van der Waals surface area contributed by atoms with Gasteiger partial charge in [0.15, 0.2) is 0 Å². The predicted octanol–water partition coefficient (Wildman–Crippen LogP) is 3.11. The molecule has 0 N–H and O–H groups in total. The molecular weight excluding hydrogens is 282 g/mol. The molecule has 0 spiro atoms. The first-order valence-electron chi connectivity index (χ1n) is 7.15. The molecule has 1 atom stereocenters. The molecule has 122 valence electrons. The van der Waals surface area contributed by atoms with Crippen LogP contribution in [0.1, 0.15) is 38.8 Å². The highest BCUT2D eigenvalue weighted by atomic mass is 16.6. The van der Waals surface area contributed by atoms with Crippen molar-refractivity contribution >= 4 is 12.4 Å². The number of ether oxygens (including phenoxy) is 2. The van der Waals surface area contributed by atoms with Gasteiger partial charge in [0.1, 0.15) is 17.4 Å². The van der Waals surface area contributed by atoms with E-state index in [9.17, 15) is 9.59 Å². The van der Waals surface area contributed by atoms with E-state index in [4.69, 9.17) is 9.47 Å². The Bertz CT molecular complexity index is 536. The van der Waals surface area contributed by atoms with E-state index < -0.39 is 17.2 Å². The maximum atomic E-state index is 12.3. The zero-order valence-electron chi connectivity index (χ0n) is 14.2. The molecule has 0 fully saturated rings. The van der Waals surface area contributed by atoms with Crippen molar-refractivity contribution in [3.8, 4) is 0 Å². The molecule has 0 radical (unpaired) electrons. The van der Waals surface area contributed by atoms with Crippen LogP contribution in [0.5, 0.6) is 0 Å². The van der Waals surface area contributed by atoms with Crippen LogP contribution >= 0.6 is 0 Å². The average Bonchev–Trinajstić information content (AvgIpc) is 2.44. The number of aldehydes is 1. The topological polar surface area (TPSA) is 55.8 Å². The zero-order chi connectivity index (χ0) is 17.0. The fourth-order valence-corrected chi connectivity index (χ4v) is 2.00. The predicted molar refractivity (Wildman–Crippen MR) is 84.6 cm³/mol. The summed E-state index contributed by atoms with van der Waals surface area (Å²) in [7, 11) is 3.17. The summed E-state index contributed by atoms with van der Waals surface area (Å²) in [6, 6.07) is 7.42. The molecule has 0 bridgehead atoms. The fourth-order valence-electron chi connectivity index (χ4n) is 2.00. The monoisotopic (exact) mass is 307 g/mol. The van der Waals surface area contributed by atoms with Gasteiger partial charge in [-0.2, -0.15) is 0 Å². The molecule has 5 heteroatoms. The van der Waals surface area contributed by atoms with Gasteiger partial charge in [-0.25, -0.2) is 4.79 Å². The van der Waals surface area contributed by atoms with Crippen molar-refractivity contribution in [2.45, 2.75) is 45.4 Å². The van der Waals surface area contributed by atoms with Gasteiger partial charge < -0.3 is 14.3 Å². The minimum Gasteiger partial charge on any atom is -0.444 e. The molecule has 22 heavy (non-hydrogen) atoms. The second-order valence-corrected chi connectivity index (χ2v) is 6.44. The number of carbonyl (C=O) groups is 2. The van der Waals surface area contributed by atoms with Gasteiger partial charge in [-0.15, -0.1) is 0 Å². The summed E-state index contributed by atoms with van der Waals surface area (Å²) in [6.07, 6.45) is 0.210. The van der Waals surface area contributed by atoms with Crippen molar-refractivity contribution in [1.29, 1.82) is 0 Å². The molecule has 0 aliphatic carbocycles. The Labute approximate surface area is 132 Å². The minimum atomic E-state index is -1.11. The summed E-state index contributed by atoms with van der Waals surface area (Å²) < 4.78 is 10.5. The molecule has 1 aromatic carbocycles. The number of hydrogen-bond acceptors (Lipinski definition) is 4. The summed E-state index contributed by atoms with van der Waals surface area (Å²) >= 11 is 0. The highest BCUT2D eigenvalue weighted by Crippen LogP contribution is 2.27. The van der Waals surface area contributed by atoms with Gasteiger partial charge in [-0.05, 0) is 38.8 Å². The van der Waals surface area contributed by atoms with Gasteiger partial charge >= 0.3 is 6.09 Å². The quantitative estimate of drug-likeness (QED) is 0.784. The molecule has 0 aliphatic rings. The van der Waals surface area contributed by atoms with E-state index in [-0.39, 0.29) is 0 Å². The van der Waals surface area contributed by atoms with E-state index in [2.05, 4.69) is 0 Å². The molecule has 1 aromatic rings. The molecule has 1 rings (SSSR count). The van der Waals surface area contributed by atoms with Crippen molar-refractivity contribution in [3.63, 3.8) is 0 Å². The molecule has 0 aliphatic heterocycles. The first-order chi connectivity index (χ1) is 10.1. The summed E-state index contributed by atoms with van der Waals surface area (Å²) in [5.41, 5.74) is -0.0740. The van der Waals surface area contributed by atoms with Crippen LogP contribution in [0.15, 0.2) is 24.3 Å². The highest BCUT2D eigenvalue weighted by Gasteiger charge is 2.36. The third-order valence-electron chi connectivity index (χ3n) is 3.42. The van der Waals surface area contributed by atoms with Crippen LogP contribution in [0.3, 0.4) is 0 Å². The Morgan fingerprint density at radius 2 is 1.91 bits per heavy atom. The van der Waals surface area contributed by atoms with Crippen molar-refractivity contribution < 1.29 is 19.1 Å². The third-order valence-corrected chi connectivity index (χ3v) is 3.42. The van der Waals surface area contributed by atoms with Gasteiger partial charge in [-0.1, -0.05) is 24.3 Å². The maximum absolute atomic E-state index is 12.3. The molecule has 5 nitrogen and oxygen atoms in total.